The van der Waals surface area contributed by atoms with E-state index in [9.17, 15) is 14.7 Å². The first-order valence-corrected chi connectivity index (χ1v) is 9.40. The zero-order valence-corrected chi connectivity index (χ0v) is 14.9. The zero-order valence-electron chi connectivity index (χ0n) is 14.2. The number of carboxylic acids is 1. The van der Waals surface area contributed by atoms with E-state index in [1.807, 2.05) is 0 Å². The lowest BCUT2D eigenvalue weighted by Gasteiger charge is -2.28. The second-order valence-electron chi connectivity index (χ2n) is 7.72. The first-order chi connectivity index (χ1) is 12.0. The number of rotatable bonds is 3. The van der Waals surface area contributed by atoms with Crippen molar-refractivity contribution in [3.05, 3.63) is 34.9 Å². The topological polar surface area (TPSA) is 60.9 Å². The molecule has 1 aromatic rings. The maximum atomic E-state index is 12.8. The fourth-order valence-corrected chi connectivity index (χ4v) is 5.10. The van der Waals surface area contributed by atoms with Crippen LogP contribution in [0.1, 0.15) is 36.0 Å². The minimum atomic E-state index is -0.823. The molecule has 5 nitrogen and oxygen atoms in total. The molecule has 3 aliphatic rings. The molecule has 6 heteroatoms. The van der Waals surface area contributed by atoms with Crippen molar-refractivity contribution in [1.82, 2.24) is 9.80 Å². The van der Waals surface area contributed by atoms with Crippen LogP contribution in [0.4, 0.5) is 0 Å². The van der Waals surface area contributed by atoms with Crippen molar-refractivity contribution >= 4 is 23.5 Å². The summed E-state index contributed by atoms with van der Waals surface area (Å²) in [6, 6.07) is 7.40. The van der Waals surface area contributed by atoms with Crippen LogP contribution in [0.25, 0.3) is 0 Å². The van der Waals surface area contributed by atoms with E-state index < -0.39 is 11.4 Å². The van der Waals surface area contributed by atoms with Crippen LogP contribution in [-0.2, 0) is 4.79 Å². The third-order valence-electron chi connectivity index (χ3n) is 6.26. The molecule has 0 spiro atoms. The van der Waals surface area contributed by atoms with Gasteiger partial charge in [-0.25, -0.2) is 0 Å². The Morgan fingerprint density at radius 2 is 1.92 bits per heavy atom. The van der Waals surface area contributed by atoms with E-state index in [0.29, 0.717) is 36.3 Å². The van der Waals surface area contributed by atoms with Crippen molar-refractivity contribution in [1.29, 1.82) is 0 Å². The van der Waals surface area contributed by atoms with E-state index >= 15 is 0 Å². The Kier molecular flexibility index (Phi) is 4.24. The summed E-state index contributed by atoms with van der Waals surface area (Å²) in [5.74, 6) is -0.877. The number of nitrogens with zero attached hydrogens (tertiary/aromatic N) is 2. The minimum Gasteiger partial charge on any atom is -0.481 e. The van der Waals surface area contributed by atoms with Gasteiger partial charge in [0.2, 0.25) is 0 Å². The average Bonchev–Trinajstić information content (AvgIpc) is 3.27. The number of benzene rings is 1. The normalized spacial score (nSPS) is 30.0. The standard InChI is InChI=1S/C19H23ClN2O3/c20-15-5-3-4-13(8-15)17(23)22-10-14-9-21(16-6-1-2-7-16)11-19(14,12-22)18(24)25/h3-5,8,14,16H,1-2,6-7,9-12H2,(H,24,25)/t14-,19-/m0/s1. The summed E-state index contributed by atoms with van der Waals surface area (Å²) in [7, 11) is 0. The molecule has 2 heterocycles. The van der Waals surface area contributed by atoms with Crippen LogP contribution >= 0.6 is 11.6 Å². The van der Waals surface area contributed by atoms with Crippen molar-refractivity contribution in [2.45, 2.75) is 31.7 Å². The number of hydrogen-bond donors (Lipinski definition) is 1. The van der Waals surface area contributed by atoms with Gasteiger partial charge in [0, 0.05) is 48.7 Å². The fourth-order valence-electron chi connectivity index (χ4n) is 4.91. The van der Waals surface area contributed by atoms with Gasteiger partial charge in [-0.15, -0.1) is 0 Å². The molecule has 2 atom stereocenters. The predicted octanol–water partition coefficient (Wildman–Crippen LogP) is 2.74. The quantitative estimate of drug-likeness (QED) is 0.898. The van der Waals surface area contributed by atoms with Gasteiger partial charge >= 0.3 is 5.97 Å². The molecule has 1 N–H and O–H groups in total. The molecule has 4 rings (SSSR count). The summed E-state index contributed by atoms with van der Waals surface area (Å²) < 4.78 is 0. The van der Waals surface area contributed by atoms with Gasteiger partial charge in [0.1, 0.15) is 5.41 Å². The van der Waals surface area contributed by atoms with Crippen LogP contribution in [0, 0.1) is 11.3 Å². The molecular formula is C19H23ClN2O3. The molecule has 0 radical (unpaired) electrons. The lowest BCUT2D eigenvalue weighted by atomic mass is 9.81. The molecule has 1 saturated carbocycles. The van der Waals surface area contributed by atoms with E-state index in [-0.39, 0.29) is 11.8 Å². The van der Waals surface area contributed by atoms with Gasteiger partial charge in [-0.3, -0.25) is 14.5 Å². The molecule has 0 bridgehead atoms. The van der Waals surface area contributed by atoms with Gasteiger partial charge < -0.3 is 10.0 Å². The molecule has 1 amide bonds. The average molecular weight is 363 g/mol. The highest BCUT2D eigenvalue weighted by molar-refractivity contribution is 6.30. The predicted molar refractivity (Wildman–Crippen MR) is 94.7 cm³/mol. The van der Waals surface area contributed by atoms with Crippen LogP contribution in [0.5, 0.6) is 0 Å². The smallest absolute Gasteiger partial charge is 0.313 e. The monoisotopic (exact) mass is 362 g/mol. The van der Waals surface area contributed by atoms with Crippen LogP contribution in [0.2, 0.25) is 5.02 Å². The fraction of sp³-hybridized carbons (Fsp3) is 0.579. The number of likely N-dealkylation sites (tertiary alicyclic amines) is 2. The number of halogens is 1. The van der Waals surface area contributed by atoms with Gasteiger partial charge in [0.25, 0.3) is 5.91 Å². The Morgan fingerprint density at radius 1 is 1.16 bits per heavy atom. The molecule has 2 saturated heterocycles. The third-order valence-corrected chi connectivity index (χ3v) is 6.50. The van der Waals surface area contributed by atoms with E-state index in [1.54, 1.807) is 29.2 Å². The Bertz CT molecular complexity index is 704. The second kappa shape index (κ2) is 6.29. The maximum absolute atomic E-state index is 12.8. The maximum Gasteiger partial charge on any atom is 0.313 e. The number of amides is 1. The van der Waals surface area contributed by atoms with Gasteiger partial charge in [0.15, 0.2) is 0 Å². The number of carboxylic acid groups (broad SMARTS) is 1. The Labute approximate surface area is 152 Å². The van der Waals surface area contributed by atoms with Gasteiger partial charge in [-0.1, -0.05) is 30.5 Å². The highest BCUT2D eigenvalue weighted by Gasteiger charge is 2.59. The summed E-state index contributed by atoms with van der Waals surface area (Å²) >= 11 is 5.99. The van der Waals surface area contributed by atoms with Crippen LogP contribution < -0.4 is 0 Å². The largest absolute Gasteiger partial charge is 0.481 e. The van der Waals surface area contributed by atoms with Crippen LogP contribution in [-0.4, -0.2) is 59.0 Å². The lowest BCUT2D eigenvalue weighted by molar-refractivity contribution is -0.148. The highest BCUT2D eigenvalue weighted by atomic mass is 35.5. The molecule has 1 aliphatic carbocycles. The molecule has 0 aromatic heterocycles. The number of carbonyl (C=O) groups excluding carboxylic acids is 1. The summed E-state index contributed by atoms with van der Waals surface area (Å²) in [4.78, 5) is 29.0. The molecule has 3 fully saturated rings. The first-order valence-electron chi connectivity index (χ1n) is 9.02. The molecule has 0 unspecified atom stereocenters. The highest BCUT2D eigenvalue weighted by Crippen LogP contribution is 2.45. The molecule has 134 valence electrons. The van der Waals surface area contributed by atoms with Crippen molar-refractivity contribution in [3.8, 4) is 0 Å². The number of carbonyl (C=O) groups is 2. The Hall–Kier alpha value is -1.59. The Balaban J connectivity index is 1.53. The molecular weight excluding hydrogens is 340 g/mol. The van der Waals surface area contributed by atoms with Crippen molar-refractivity contribution < 1.29 is 14.7 Å². The van der Waals surface area contributed by atoms with Gasteiger partial charge in [0.05, 0.1) is 0 Å². The van der Waals surface area contributed by atoms with Crippen LogP contribution in [0.3, 0.4) is 0 Å². The lowest BCUT2D eigenvalue weighted by Crippen LogP contribution is -2.43. The second-order valence-corrected chi connectivity index (χ2v) is 8.16. The SMILES string of the molecule is O=C(c1cccc(Cl)c1)N1C[C@@H]2CN(C3CCCC3)C[C@]2(C(=O)O)C1. The number of fused-ring (bicyclic) bond motifs is 1. The summed E-state index contributed by atoms with van der Waals surface area (Å²) in [6.45, 7) is 2.16. The van der Waals surface area contributed by atoms with Gasteiger partial charge in [-0.05, 0) is 31.0 Å². The first kappa shape index (κ1) is 16.9. The Morgan fingerprint density at radius 3 is 2.56 bits per heavy atom. The summed E-state index contributed by atoms with van der Waals surface area (Å²) in [5, 5.41) is 10.5. The summed E-state index contributed by atoms with van der Waals surface area (Å²) in [6.07, 6.45) is 4.83. The molecule has 1 aromatic carbocycles. The van der Waals surface area contributed by atoms with E-state index in [2.05, 4.69) is 4.90 Å². The molecule has 2 aliphatic heterocycles. The van der Waals surface area contributed by atoms with E-state index in [4.69, 9.17) is 11.6 Å². The van der Waals surface area contributed by atoms with Crippen molar-refractivity contribution in [3.63, 3.8) is 0 Å². The minimum absolute atomic E-state index is 0.00809. The van der Waals surface area contributed by atoms with Crippen molar-refractivity contribution in [2.24, 2.45) is 11.3 Å². The van der Waals surface area contributed by atoms with Crippen molar-refractivity contribution in [2.75, 3.05) is 26.2 Å². The van der Waals surface area contributed by atoms with E-state index in [0.717, 1.165) is 6.54 Å². The number of aliphatic carboxylic acids is 1. The van der Waals surface area contributed by atoms with E-state index in [1.165, 1.54) is 25.7 Å². The number of hydrogen-bond acceptors (Lipinski definition) is 3. The summed E-state index contributed by atoms with van der Waals surface area (Å²) in [5.41, 5.74) is -0.294. The third kappa shape index (κ3) is 2.83. The van der Waals surface area contributed by atoms with Gasteiger partial charge in [-0.2, -0.15) is 0 Å². The molecule has 25 heavy (non-hydrogen) atoms. The zero-order chi connectivity index (χ0) is 17.6. The van der Waals surface area contributed by atoms with Crippen LogP contribution in [0.15, 0.2) is 24.3 Å².